The quantitative estimate of drug-likeness (QED) is 0.199. The number of halogens is 2. The lowest BCUT2D eigenvalue weighted by atomic mass is 9.86. The Bertz CT molecular complexity index is 1590. The standard InChI is InChI=1S/C32H34Cl2N6O2/c1-40(2)30-25-9-5-6-10-27(25)38-32(39-30)35-19-20-11-14-23(15-12-20)36-29(41)17-21-7-3-4-8-24(21)31(42)37-28-16-13-22(33)18-26(28)34/h3-10,13,16,18,20,23H,11-12,14-15,17,19H2,1-2H3,(H,36,41)(H,37,42)(H,35,38,39). The molecule has 0 radical (unpaired) electrons. The fraction of sp³-hybridized carbons (Fsp3) is 0.312. The zero-order valence-electron chi connectivity index (χ0n) is 23.7. The van der Waals surface area contributed by atoms with Crippen LogP contribution in [0.15, 0.2) is 66.7 Å². The van der Waals surface area contributed by atoms with Crippen LogP contribution in [0.25, 0.3) is 10.9 Å². The predicted molar refractivity (Wildman–Crippen MR) is 171 cm³/mol. The molecule has 218 valence electrons. The fourth-order valence-electron chi connectivity index (χ4n) is 5.35. The molecule has 3 aromatic carbocycles. The van der Waals surface area contributed by atoms with Crippen molar-refractivity contribution in [1.29, 1.82) is 0 Å². The second-order valence-corrected chi connectivity index (χ2v) is 11.7. The molecule has 0 spiro atoms. The average molecular weight is 606 g/mol. The van der Waals surface area contributed by atoms with Crippen molar-refractivity contribution in [1.82, 2.24) is 15.3 Å². The number of hydrogen-bond acceptors (Lipinski definition) is 6. The van der Waals surface area contributed by atoms with Crippen molar-refractivity contribution < 1.29 is 9.59 Å². The van der Waals surface area contributed by atoms with Gasteiger partial charge in [0.05, 0.1) is 22.6 Å². The van der Waals surface area contributed by atoms with E-state index >= 15 is 0 Å². The molecule has 1 heterocycles. The molecule has 0 unspecified atom stereocenters. The molecule has 4 aromatic rings. The van der Waals surface area contributed by atoms with Crippen molar-refractivity contribution in [2.24, 2.45) is 5.92 Å². The minimum Gasteiger partial charge on any atom is -0.362 e. The lowest BCUT2D eigenvalue weighted by Crippen LogP contribution is -2.39. The molecule has 0 aliphatic heterocycles. The summed E-state index contributed by atoms with van der Waals surface area (Å²) in [5.41, 5.74) is 2.46. The predicted octanol–water partition coefficient (Wildman–Crippen LogP) is 6.58. The smallest absolute Gasteiger partial charge is 0.255 e. The van der Waals surface area contributed by atoms with Crippen LogP contribution in [-0.4, -0.2) is 48.5 Å². The highest BCUT2D eigenvalue weighted by Crippen LogP contribution is 2.28. The normalized spacial score (nSPS) is 16.6. The molecule has 1 fully saturated rings. The summed E-state index contributed by atoms with van der Waals surface area (Å²) in [6.07, 6.45) is 3.90. The van der Waals surface area contributed by atoms with Gasteiger partial charge in [0.1, 0.15) is 5.82 Å². The molecule has 1 saturated carbocycles. The maximum atomic E-state index is 13.0. The van der Waals surface area contributed by atoms with Crippen LogP contribution >= 0.6 is 23.2 Å². The number of amides is 2. The Morgan fingerprint density at radius 1 is 0.929 bits per heavy atom. The fourth-order valence-corrected chi connectivity index (χ4v) is 5.81. The Hall–Kier alpha value is -3.88. The van der Waals surface area contributed by atoms with Gasteiger partial charge in [-0.1, -0.05) is 53.5 Å². The monoisotopic (exact) mass is 604 g/mol. The van der Waals surface area contributed by atoms with E-state index in [1.807, 2.05) is 49.3 Å². The number of nitrogens with one attached hydrogen (secondary N) is 3. The van der Waals surface area contributed by atoms with Crippen molar-refractivity contribution in [2.45, 2.75) is 38.1 Å². The summed E-state index contributed by atoms with van der Waals surface area (Å²) in [6.45, 7) is 0.784. The first kappa shape index (κ1) is 29.6. The van der Waals surface area contributed by atoms with E-state index in [9.17, 15) is 9.59 Å². The molecule has 1 aliphatic rings. The van der Waals surface area contributed by atoms with E-state index in [4.69, 9.17) is 33.2 Å². The summed E-state index contributed by atoms with van der Waals surface area (Å²) in [5.74, 6) is 1.57. The summed E-state index contributed by atoms with van der Waals surface area (Å²) >= 11 is 12.2. The third-order valence-electron chi connectivity index (χ3n) is 7.56. The number of para-hydroxylation sites is 1. The maximum Gasteiger partial charge on any atom is 0.255 e. The van der Waals surface area contributed by atoms with Crippen LogP contribution in [0, 0.1) is 5.92 Å². The van der Waals surface area contributed by atoms with Gasteiger partial charge >= 0.3 is 0 Å². The van der Waals surface area contributed by atoms with Crippen molar-refractivity contribution >= 4 is 63.4 Å². The Labute approximate surface area is 255 Å². The largest absolute Gasteiger partial charge is 0.362 e. The Kier molecular flexibility index (Phi) is 9.45. The lowest BCUT2D eigenvalue weighted by Gasteiger charge is -2.29. The number of carbonyl (C=O) groups excluding carboxylic acids is 2. The summed E-state index contributed by atoms with van der Waals surface area (Å²) in [5, 5.41) is 11.3. The van der Waals surface area contributed by atoms with Crippen LogP contribution in [0.2, 0.25) is 10.0 Å². The van der Waals surface area contributed by atoms with Gasteiger partial charge in [-0.3, -0.25) is 9.59 Å². The molecule has 0 bridgehead atoms. The van der Waals surface area contributed by atoms with Gasteiger partial charge in [-0.2, -0.15) is 4.98 Å². The second kappa shape index (κ2) is 13.4. The van der Waals surface area contributed by atoms with E-state index in [0.29, 0.717) is 38.7 Å². The number of aromatic nitrogens is 2. The van der Waals surface area contributed by atoms with E-state index in [1.165, 1.54) is 0 Å². The summed E-state index contributed by atoms with van der Waals surface area (Å²) in [6, 6.07) is 20.1. The van der Waals surface area contributed by atoms with E-state index in [0.717, 1.165) is 48.9 Å². The molecule has 3 N–H and O–H groups in total. The number of benzene rings is 3. The minimum absolute atomic E-state index is 0.0953. The van der Waals surface area contributed by atoms with Crippen LogP contribution in [0.1, 0.15) is 41.6 Å². The Balaban J connectivity index is 1.12. The molecule has 42 heavy (non-hydrogen) atoms. The molecule has 1 aromatic heterocycles. The first-order valence-electron chi connectivity index (χ1n) is 14.1. The zero-order valence-corrected chi connectivity index (χ0v) is 25.2. The van der Waals surface area contributed by atoms with E-state index < -0.39 is 0 Å². The number of nitrogens with zero attached hydrogens (tertiary/aromatic N) is 3. The number of carbonyl (C=O) groups is 2. The number of anilines is 3. The molecular formula is C32H34Cl2N6O2. The van der Waals surface area contributed by atoms with Gasteiger partial charge < -0.3 is 20.9 Å². The Morgan fingerprint density at radius 3 is 2.43 bits per heavy atom. The van der Waals surface area contributed by atoms with Crippen molar-refractivity contribution in [3.8, 4) is 0 Å². The van der Waals surface area contributed by atoms with E-state index in [1.54, 1.807) is 36.4 Å². The van der Waals surface area contributed by atoms with Crippen molar-refractivity contribution in [3.05, 3.63) is 87.9 Å². The van der Waals surface area contributed by atoms with Crippen molar-refractivity contribution in [2.75, 3.05) is 36.2 Å². The van der Waals surface area contributed by atoms with Gasteiger partial charge in [-0.05, 0) is 73.6 Å². The second-order valence-electron chi connectivity index (χ2n) is 10.9. The SMILES string of the molecule is CN(C)c1nc(NCC2CCC(NC(=O)Cc3ccccc3C(=O)Nc3ccc(Cl)cc3Cl)CC2)nc2ccccc12. The Morgan fingerprint density at radius 2 is 1.67 bits per heavy atom. The first-order chi connectivity index (χ1) is 20.3. The molecule has 5 rings (SSSR count). The van der Waals surface area contributed by atoms with Gasteiger partial charge in [0, 0.05) is 42.7 Å². The third-order valence-corrected chi connectivity index (χ3v) is 8.11. The topological polar surface area (TPSA) is 99.3 Å². The van der Waals surface area contributed by atoms with Gasteiger partial charge in [0.15, 0.2) is 0 Å². The summed E-state index contributed by atoms with van der Waals surface area (Å²) < 4.78 is 0. The van der Waals surface area contributed by atoms with Gasteiger partial charge in [-0.15, -0.1) is 0 Å². The first-order valence-corrected chi connectivity index (χ1v) is 14.8. The highest BCUT2D eigenvalue weighted by Gasteiger charge is 2.24. The molecule has 0 atom stereocenters. The van der Waals surface area contributed by atoms with E-state index in [2.05, 4.69) is 16.0 Å². The maximum absolute atomic E-state index is 13.0. The molecule has 0 saturated heterocycles. The van der Waals surface area contributed by atoms with Gasteiger partial charge in [-0.25, -0.2) is 4.98 Å². The molecular weight excluding hydrogens is 571 g/mol. The van der Waals surface area contributed by atoms with E-state index in [-0.39, 0.29) is 24.3 Å². The summed E-state index contributed by atoms with van der Waals surface area (Å²) in [4.78, 5) is 37.4. The highest BCUT2D eigenvalue weighted by atomic mass is 35.5. The summed E-state index contributed by atoms with van der Waals surface area (Å²) in [7, 11) is 3.97. The lowest BCUT2D eigenvalue weighted by molar-refractivity contribution is -0.121. The molecule has 2 amide bonds. The van der Waals surface area contributed by atoms with Gasteiger partial charge in [0.2, 0.25) is 11.9 Å². The van der Waals surface area contributed by atoms with Crippen LogP contribution in [-0.2, 0) is 11.2 Å². The van der Waals surface area contributed by atoms with Crippen LogP contribution in [0.4, 0.5) is 17.5 Å². The number of hydrogen-bond donors (Lipinski definition) is 3. The number of fused-ring (bicyclic) bond motifs is 1. The average Bonchev–Trinajstić information content (AvgIpc) is 2.98. The molecule has 1 aliphatic carbocycles. The van der Waals surface area contributed by atoms with Crippen molar-refractivity contribution in [3.63, 3.8) is 0 Å². The number of rotatable bonds is 9. The third kappa shape index (κ3) is 7.30. The molecule has 10 heteroatoms. The van der Waals surface area contributed by atoms with Gasteiger partial charge in [0.25, 0.3) is 5.91 Å². The van der Waals surface area contributed by atoms with Crippen LogP contribution in [0.5, 0.6) is 0 Å². The zero-order chi connectivity index (χ0) is 29.6. The highest BCUT2D eigenvalue weighted by molar-refractivity contribution is 6.36. The minimum atomic E-state index is -0.330. The molecule has 8 nitrogen and oxygen atoms in total. The van der Waals surface area contributed by atoms with Crippen LogP contribution in [0.3, 0.4) is 0 Å². The van der Waals surface area contributed by atoms with Crippen LogP contribution < -0.4 is 20.9 Å².